The van der Waals surface area contributed by atoms with Crippen molar-refractivity contribution in [1.29, 1.82) is 0 Å². The van der Waals surface area contributed by atoms with Gasteiger partial charge in [0.05, 0.1) is 0 Å². The molecule has 0 atom stereocenters. The highest BCUT2D eigenvalue weighted by molar-refractivity contribution is 9.10. The molecule has 0 fully saturated rings. The van der Waals surface area contributed by atoms with Crippen LogP contribution in [0.5, 0.6) is 0 Å². The lowest BCUT2D eigenvalue weighted by Gasteiger charge is -1.95. The van der Waals surface area contributed by atoms with Gasteiger partial charge >= 0.3 is 0 Å². The Kier molecular flexibility index (Phi) is 3.23. The molecule has 1 aromatic heterocycles. The van der Waals surface area contributed by atoms with Gasteiger partial charge in [0.15, 0.2) is 0 Å². The van der Waals surface area contributed by atoms with Gasteiger partial charge in [0.2, 0.25) is 0 Å². The topological polar surface area (TPSA) is 27.8 Å². The zero-order valence-electron chi connectivity index (χ0n) is 8.55. The molecule has 3 heteroatoms. The molecule has 0 aliphatic carbocycles. The summed E-state index contributed by atoms with van der Waals surface area (Å²) in [5, 5.41) is 4.32. The van der Waals surface area contributed by atoms with E-state index in [0.29, 0.717) is 0 Å². The van der Waals surface area contributed by atoms with Crippen LogP contribution in [-0.2, 0) is 0 Å². The zero-order valence-corrected chi connectivity index (χ0v) is 10.1. The number of rotatable bonds is 3. The number of aromatic nitrogens is 1. The maximum atomic E-state index is 3.57. The molecular formula is C12H13BrN2. The van der Waals surface area contributed by atoms with E-state index in [-0.39, 0.29) is 0 Å². The normalized spacial score (nSPS) is 11.6. The van der Waals surface area contributed by atoms with Gasteiger partial charge in [-0.3, -0.25) is 0 Å². The molecule has 0 aliphatic rings. The van der Waals surface area contributed by atoms with Gasteiger partial charge < -0.3 is 10.3 Å². The van der Waals surface area contributed by atoms with Gasteiger partial charge in [0.1, 0.15) is 0 Å². The Morgan fingerprint density at radius 2 is 2.33 bits per heavy atom. The first-order valence-corrected chi connectivity index (χ1v) is 5.69. The number of hydrogen-bond donors (Lipinski definition) is 2. The first-order valence-electron chi connectivity index (χ1n) is 4.89. The highest BCUT2D eigenvalue weighted by Crippen LogP contribution is 2.27. The van der Waals surface area contributed by atoms with Crippen LogP contribution < -0.4 is 5.32 Å². The van der Waals surface area contributed by atoms with E-state index < -0.39 is 0 Å². The van der Waals surface area contributed by atoms with Crippen molar-refractivity contribution in [1.82, 2.24) is 10.3 Å². The molecule has 0 bridgehead atoms. The third kappa shape index (κ3) is 2.13. The molecule has 15 heavy (non-hydrogen) atoms. The number of hydrogen-bond acceptors (Lipinski definition) is 1. The van der Waals surface area contributed by atoms with Crippen LogP contribution in [-0.4, -0.2) is 18.6 Å². The molecule has 0 unspecified atom stereocenters. The number of fused-ring (bicyclic) bond motifs is 1. The summed E-state index contributed by atoms with van der Waals surface area (Å²) in [7, 11) is 1.94. The van der Waals surface area contributed by atoms with Gasteiger partial charge in [-0.05, 0) is 19.2 Å². The Morgan fingerprint density at radius 3 is 3.13 bits per heavy atom. The summed E-state index contributed by atoms with van der Waals surface area (Å²) in [6.45, 7) is 0.886. The third-order valence-corrected chi connectivity index (χ3v) is 2.97. The number of benzene rings is 1. The van der Waals surface area contributed by atoms with E-state index in [1.165, 1.54) is 10.9 Å². The molecule has 0 saturated heterocycles. The lowest BCUT2D eigenvalue weighted by atomic mass is 10.1. The minimum Gasteiger partial charge on any atom is -0.361 e. The summed E-state index contributed by atoms with van der Waals surface area (Å²) in [5.74, 6) is 0. The summed E-state index contributed by atoms with van der Waals surface area (Å²) < 4.78 is 1.13. The molecule has 78 valence electrons. The second-order valence-corrected chi connectivity index (χ2v) is 4.22. The molecule has 0 spiro atoms. The number of H-pyrrole nitrogens is 1. The van der Waals surface area contributed by atoms with Crippen LogP contribution in [0.25, 0.3) is 17.0 Å². The second-order valence-electron chi connectivity index (χ2n) is 3.37. The Labute approximate surface area is 97.5 Å². The first-order chi connectivity index (χ1) is 7.33. The number of nitrogens with one attached hydrogen (secondary N) is 2. The molecule has 2 aromatic rings. The molecule has 2 nitrogen and oxygen atoms in total. The van der Waals surface area contributed by atoms with E-state index in [9.17, 15) is 0 Å². The first kappa shape index (κ1) is 10.5. The highest BCUT2D eigenvalue weighted by atomic mass is 79.9. The van der Waals surface area contributed by atoms with Crippen molar-refractivity contribution in [3.05, 3.63) is 40.5 Å². The molecule has 0 amide bonds. The lowest BCUT2D eigenvalue weighted by Crippen LogP contribution is -2.03. The number of aromatic amines is 1. The summed E-state index contributed by atoms with van der Waals surface area (Å²) in [5.41, 5.74) is 2.38. The fourth-order valence-corrected chi connectivity index (χ4v) is 2.20. The summed E-state index contributed by atoms with van der Waals surface area (Å²) in [4.78, 5) is 3.25. The third-order valence-electron chi connectivity index (χ3n) is 2.30. The summed E-state index contributed by atoms with van der Waals surface area (Å²) >= 11 is 3.57. The van der Waals surface area contributed by atoms with Gasteiger partial charge in [-0.25, -0.2) is 0 Å². The van der Waals surface area contributed by atoms with Crippen LogP contribution in [0.4, 0.5) is 0 Å². The Balaban J connectivity index is 2.44. The van der Waals surface area contributed by atoms with Crippen molar-refractivity contribution in [2.45, 2.75) is 0 Å². The number of likely N-dealkylation sites (N-methyl/N-ethyl adjacent to an activating group) is 1. The molecule has 2 rings (SSSR count). The Hall–Kier alpha value is -1.06. The SMILES string of the molecule is CNCC=Cc1c[nH]c2cccc(Br)c12. The zero-order chi connectivity index (χ0) is 10.7. The average molecular weight is 265 g/mol. The van der Waals surface area contributed by atoms with Gasteiger partial charge in [0.25, 0.3) is 0 Å². The molecule has 1 heterocycles. The van der Waals surface area contributed by atoms with Crippen molar-refractivity contribution in [2.75, 3.05) is 13.6 Å². The molecule has 2 N–H and O–H groups in total. The summed E-state index contributed by atoms with van der Waals surface area (Å²) in [6, 6.07) is 6.17. The van der Waals surface area contributed by atoms with Crippen molar-refractivity contribution in [3.63, 3.8) is 0 Å². The largest absolute Gasteiger partial charge is 0.361 e. The predicted octanol–water partition coefficient (Wildman–Crippen LogP) is 3.16. The van der Waals surface area contributed by atoms with E-state index >= 15 is 0 Å². The minimum absolute atomic E-state index is 0.886. The van der Waals surface area contributed by atoms with E-state index in [1.807, 2.05) is 19.3 Å². The van der Waals surface area contributed by atoms with Crippen molar-refractivity contribution in [2.24, 2.45) is 0 Å². The van der Waals surface area contributed by atoms with Crippen LogP contribution in [0.15, 0.2) is 34.9 Å². The van der Waals surface area contributed by atoms with E-state index in [0.717, 1.165) is 16.5 Å². The smallest absolute Gasteiger partial charge is 0.0471 e. The molecule has 0 saturated carbocycles. The highest BCUT2D eigenvalue weighted by Gasteiger charge is 2.03. The van der Waals surface area contributed by atoms with Gasteiger partial charge in [0, 0.05) is 33.7 Å². The molecular weight excluding hydrogens is 252 g/mol. The van der Waals surface area contributed by atoms with Crippen LogP contribution >= 0.6 is 15.9 Å². The maximum Gasteiger partial charge on any atom is 0.0471 e. The van der Waals surface area contributed by atoms with Crippen LogP contribution in [0.1, 0.15) is 5.56 Å². The maximum absolute atomic E-state index is 3.57. The second kappa shape index (κ2) is 4.64. The van der Waals surface area contributed by atoms with Gasteiger partial charge in [-0.2, -0.15) is 0 Å². The fourth-order valence-electron chi connectivity index (χ4n) is 1.60. The number of halogens is 1. The van der Waals surface area contributed by atoms with Crippen LogP contribution in [0, 0.1) is 0 Å². The van der Waals surface area contributed by atoms with E-state index in [1.54, 1.807) is 0 Å². The van der Waals surface area contributed by atoms with Gasteiger partial charge in [-0.15, -0.1) is 0 Å². The van der Waals surface area contributed by atoms with Crippen LogP contribution in [0.2, 0.25) is 0 Å². The van der Waals surface area contributed by atoms with E-state index in [2.05, 4.69) is 50.5 Å². The lowest BCUT2D eigenvalue weighted by molar-refractivity contribution is 0.922. The standard InChI is InChI=1S/C12H13BrN2/c1-14-7-3-4-9-8-15-11-6-2-5-10(13)12(9)11/h2-6,8,14-15H,7H2,1H3. The Morgan fingerprint density at radius 1 is 1.47 bits per heavy atom. The van der Waals surface area contributed by atoms with Gasteiger partial charge in [-0.1, -0.05) is 34.1 Å². The van der Waals surface area contributed by atoms with Crippen molar-refractivity contribution in [3.8, 4) is 0 Å². The van der Waals surface area contributed by atoms with E-state index in [4.69, 9.17) is 0 Å². The quantitative estimate of drug-likeness (QED) is 0.876. The average Bonchev–Trinajstić information content (AvgIpc) is 2.63. The summed E-state index contributed by atoms with van der Waals surface area (Å²) in [6.07, 6.45) is 6.27. The monoisotopic (exact) mass is 264 g/mol. The molecule has 1 aromatic carbocycles. The van der Waals surface area contributed by atoms with Crippen molar-refractivity contribution < 1.29 is 0 Å². The predicted molar refractivity (Wildman–Crippen MR) is 69.0 cm³/mol. The minimum atomic E-state index is 0.886. The molecule has 0 aliphatic heterocycles. The Bertz CT molecular complexity index is 485. The molecule has 0 radical (unpaired) electrons. The fraction of sp³-hybridized carbons (Fsp3) is 0.167. The van der Waals surface area contributed by atoms with Crippen molar-refractivity contribution >= 4 is 32.9 Å². The van der Waals surface area contributed by atoms with Crippen LogP contribution in [0.3, 0.4) is 0 Å².